The Bertz CT molecular complexity index is 1210. The van der Waals surface area contributed by atoms with E-state index in [1.165, 1.54) is 96.3 Å². The molecule has 1 heterocycles. The number of imidazole rings is 1. The van der Waals surface area contributed by atoms with E-state index in [9.17, 15) is 0 Å². The lowest BCUT2D eigenvalue weighted by atomic mass is 9.78. The van der Waals surface area contributed by atoms with Crippen molar-refractivity contribution in [3.05, 3.63) is 71.0 Å². The predicted octanol–water partition coefficient (Wildman–Crippen LogP) is 13.0. The van der Waals surface area contributed by atoms with Crippen molar-refractivity contribution in [2.75, 3.05) is 0 Å². The number of hydrogen-bond donors (Lipinski definition) is 0. The maximum Gasteiger partial charge on any atom is 0.112 e. The minimum absolute atomic E-state index is 0.158. The molecule has 1 aromatic heterocycles. The highest BCUT2D eigenvalue weighted by atomic mass is 15.1. The molecule has 2 atom stereocenters. The summed E-state index contributed by atoms with van der Waals surface area (Å²) in [7, 11) is 0. The summed E-state index contributed by atoms with van der Waals surface area (Å²) in [6.07, 6.45) is 22.5. The van der Waals surface area contributed by atoms with E-state index < -0.39 is 0 Å². The molecule has 0 saturated carbocycles. The fraction of sp³-hybridized carbons (Fsp3) is 0.659. The average Bonchev–Trinajstić information content (AvgIpc) is 3.38. The normalized spacial score (nSPS) is 16.5. The molecule has 0 spiro atoms. The fourth-order valence-electron chi connectivity index (χ4n) is 6.98. The van der Waals surface area contributed by atoms with Crippen LogP contribution in [0.2, 0.25) is 0 Å². The number of aryl methyl sites for hydroxylation is 1. The number of unbranched alkanes of at least 4 members (excludes halogenated alkanes) is 5. The average molecular weight is 602 g/mol. The summed E-state index contributed by atoms with van der Waals surface area (Å²) in [6.45, 7) is 31.9. The van der Waals surface area contributed by atoms with E-state index >= 15 is 0 Å². The van der Waals surface area contributed by atoms with Gasteiger partial charge in [0.15, 0.2) is 0 Å². The Morgan fingerprint density at radius 3 is 2.30 bits per heavy atom. The van der Waals surface area contributed by atoms with E-state index in [1.54, 1.807) is 6.20 Å². The van der Waals surface area contributed by atoms with E-state index in [0.29, 0.717) is 11.8 Å². The fourth-order valence-corrected chi connectivity index (χ4v) is 6.98. The molecule has 246 valence electrons. The lowest BCUT2D eigenvalue weighted by Crippen LogP contribution is -2.13. The van der Waals surface area contributed by atoms with Crippen molar-refractivity contribution in [2.24, 2.45) is 16.3 Å². The van der Waals surface area contributed by atoms with E-state index in [0.717, 1.165) is 44.4 Å². The topological polar surface area (TPSA) is 30.2 Å². The van der Waals surface area contributed by atoms with Crippen LogP contribution in [0, 0.1) is 11.3 Å². The molecule has 0 amide bonds. The quantitative estimate of drug-likeness (QED) is 0.0881. The minimum Gasteiger partial charge on any atom is -0.334 e. The van der Waals surface area contributed by atoms with Crippen molar-refractivity contribution < 1.29 is 0 Å². The zero-order valence-corrected chi connectivity index (χ0v) is 30.5. The molecule has 0 fully saturated rings. The van der Waals surface area contributed by atoms with Gasteiger partial charge >= 0.3 is 0 Å². The van der Waals surface area contributed by atoms with E-state index in [-0.39, 0.29) is 5.41 Å². The first-order valence-corrected chi connectivity index (χ1v) is 17.8. The largest absolute Gasteiger partial charge is 0.334 e. The summed E-state index contributed by atoms with van der Waals surface area (Å²) in [5.41, 5.74) is 10.8. The number of rotatable bonds is 19. The van der Waals surface area contributed by atoms with Crippen LogP contribution in [0.25, 0.3) is 5.57 Å². The number of nitrogens with zero attached hydrogens (tertiary/aromatic N) is 3. The maximum absolute atomic E-state index is 5.48. The molecule has 2 rings (SSSR count). The summed E-state index contributed by atoms with van der Waals surface area (Å²) in [4.78, 5) is 10.0. The van der Waals surface area contributed by atoms with Gasteiger partial charge in [0, 0.05) is 36.5 Å². The van der Waals surface area contributed by atoms with Gasteiger partial charge in [0.05, 0.1) is 5.69 Å². The third kappa shape index (κ3) is 11.2. The van der Waals surface area contributed by atoms with Gasteiger partial charge < -0.3 is 4.57 Å². The highest BCUT2D eigenvalue weighted by molar-refractivity contribution is 6.00. The van der Waals surface area contributed by atoms with Crippen LogP contribution in [0.3, 0.4) is 0 Å². The highest BCUT2D eigenvalue weighted by Gasteiger charge is 2.25. The van der Waals surface area contributed by atoms with Gasteiger partial charge in [-0.1, -0.05) is 116 Å². The van der Waals surface area contributed by atoms with Crippen molar-refractivity contribution in [3.8, 4) is 0 Å². The van der Waals surface area contributed by atoms with Crippen LogP contribution in [-0.2, 0) is 6.54 Å². The molecule has 44 heavy (non-hydrogen) atoms. The van der Waals surface area contributed by atoms with E-state index in [4.69, 9.17) is 4.98 Å². The molecule has 0 radical (unpaired) electrons. The summed E-state index contributed by atoms with van der Waals surface area (Å²) >= 11 is 0. The Labute approximate surface area is 272 Å². The molecule has 0 N–H and O–H groups in total. The lowest BCUT2D eigenvalue weighted by molar-refractivity contribution is 0.477. The van der Waals surface area contributed by atoms with Gasteiger partial charge in [0.25, 0.3) is 0 Å². The molecule has 2 unspecified atom stereocenters. The molecular formula is C41H67N3. The van der Waals surface area contributed by atoms with Crippen molar-refractivity contribution in [3.63, 3.8) is 0 Å². The van der Waals surface area contributed by atoms with Gasteiger partial charge in [0.1, 0.15) is 5.82 Å². The first kappa shape index (κ1) is 37.8. The third-order valence-corrected chi connectivity index (χ3v) is 9.66. The smallest absolute Gasteiger partial charge is 0.112 e. The molecule has 0 aliphatic heterocycles. The molecule has 0 saturated heterocycles. The Balaban J connectivity index is 2.38. The second-order valence-electron chi connectivity index (χ2n) is 14.6. The SMILES string of the molecule is C=CN=C(C)/C(=C(\C)CCCC(CCC)c1nc(C2=CC(C(C)(C)C)=C(C)CC2)cn1CCCCCCCC)C(C)C(=C)C. The third-order valence-electron chi connectivity index (χ3n) is 9.66. The van der Waals surface area contributed by atoms with Gasteiger partial charge in [-0.2, -0.15) is 0 Å². The predicted molar refractivity (Wildman–Crippen MR) is 196 cm³/mol. The zero-order chi connectivity index (χ0) is 32.9. The monoisotopic (exact) mass is 602 g/mol. The maximum atomic E-state index is 5.48. The molecule has 0 aromatic carbocycles. The van der Waals surface area contributed by atoms with Crippen molar-refractivity contribution >= 4 is 11.3 Å². The number of hydrogen-bond acceptors (Lipinski definition) is 2. The summed E-state index contributed by atoms with van der Waals surface area (Å²) in [5, 5.41) is 0. The minimum atomic E-state index is 0.158. The van der Waals surface area contributed by atoms with Crippen LogP contribution in [0.15, 0.2) is 64.5 Å². The Kier molecular flexibility index (Phi) is 15.9. The standard InChI is InChI=1S/C41H67N3/c1-13-16-17-18-19-20-27-44-29-38(36-26-25-31(6)37(28-36)41(10,11)12)43-40(44)35(22-14-2)24-21-23-32(7)39(33(8)30(4)5)34(9)42-15-3/h15,28-29,33,35H,3-4,13-14,16-27H2,1-2,5-12H3/b39-32+,42-34?. The van der Waals surface area contributed by atoms with Crippen LogP contribution in [-0.4, -0.2) is 15.3 Å². The molecule has 3 nitrogen and oxygen atoms in total. The van der Waals surface area contributed by atoms with E-state index in [2.05, 4.69) is 104 Å². The Hall–Kier alpha value is -2.42. The van der Waals surface area contributed by atoms with Gasteiger partial charge in [-0.3, -0.25) is 4.99 Å². The van der Waals surface area contributed by atoms with Crippen LogP contribution in [0.5, 0.6) is 0 Å². The van der Waals surface area contributed by atoms with Crippen LogP contribution in [0.1, 0.15) is 170 Å². The summed E-state index contributed by atoms with van der Waals surface area (Å²) < 4.78 is 2.55. The van der Waals surface area contributed by atoms with Crippen molar-refractivity contribution in [2.45, 2.75) is 165 Å². The molecule has 0 bridgehead atoms. The molecule has 3 heteroatoms. The molecular weight excluding hydrogens is 534 g/mol. The van der Waals surface area contributed by atoms with E-state index in [1.807, 2.05) is 0 Å². The van der Waals surface area contributed by atoms with Gasteiger partial charge in [0.2, 0.25) is 0 Å². The molecule has 1 aromatic rings. The van der Waals surface area contributed by atoms with Gasteiger partial charge in [-0.25, -0.2) is 4.98 Å². The first-order chi connectivity index (χ1) is 20.8. The number of aromatic nitrogens is 2. The summed E-state index contributed by atoms with van der Waals surface area (Å²) in [5.74, 6) is 2.10. The zero-order valence-electron chi connectivity index (χ0n) is 30.5. The Morgan fingerprint density at radius 2 is 1.68 bits per heavy atom. The Morgan fingerprint density at radius 1 is 1.00 bits per heavy atom. The van der Waals surface area contributed by atoms with Crippen molar-refractivity contribution in [1.82, 2.24) is 9.55 Å². The van der Waals surface area contributed by atoms with Gasteiger partial charge in [-0.15, -0.1) is 0 Å². The second-order valence-corrected chi connectivity index (χ2v) is 14.6. The van der Waals surface area contributed by atoms with Crippen LogP contribution >= 0.6 is 0 Å². The van der Waals surface area contributed by atoms with Gasteiger partial charge in [-0.05, 0) is 94.8 Å². The van der Waals surface area contributed by atoms with Crippen LogP contribution in [0.4, 0.5) is 0 Å². The number of allylic oxidation sites excluding steroid dienone is 7. The van der Waals surface area contributed by atoms with Crippen molar-refractivity contribution in [1.29, 1.82) is 0 Å². The second kappa shape index (κ2) is 18.5. The highest BCUT2D eigenvalue weighted by Crippen LogP contribution is 2.39. The van der Waals surface area contributed by atoms with Crippen LogP contribution < -0.4 is 0 Å². The summed E-state index contributed by atoms with van der Waals surface area (Å²) in [6, 6.07) is 0. The molecule has 1 aliphatic rings. The molecule has 1 aliphatic carbocycles. The lowest BCUT2D eigenvalue weighted by Gasteiger charge is -2.27. The number of aliphatic imine (C=N–C) groups is 1. The first-order valence-electron chi connectivity index (χ1n) is 17.8.